The van der Waals surface area contributed by atoms with Gasteiger partial charge in [-0.1, -0.05) is 63.4 Å². The molecule has 1 atom stereocenters. The van der Waals surface area contributed by atoms with Gasteiger partial charge in [0.1, 0.15) is 0 Å². The molecule has 0 aliphatic carbocycles. The molecular weight excluding hydrogens is 499 g/mol. The van der Waals surface area contributed by atoms with Crippen molar-refractivity contribution in [3.8, 4) is 0 Å². The summed E-state index contributed by atoms with van der Waals surface area (Å²) in [6.45, 7) is 0.974. The second-order valence-corrected chi connectivity index (χ2v) is 10.3. The number of nitrogens with zero attached hydrogens (tertiary/aromatic N) is 1. The molecule has 2 nitrogen and oxygen atoms in total. The number of fused-ring (bicyclic) bond motifs is 3. The molecule has 0 saturated heterocycles. The molecule has 5 rings (SSSR count). The van der Waals surface area contributed by atoms with Gasteiger partial charge in [-0.2, -0.15) is 0 Å². The number of hydrogen-bond donors (Lipinski definition) is 1. The van der Waals surface area contributed by atoms with E-state index in [-0.39, 0.29) is 6.04 Å². The average molecular weight is 518 g/mol. The number of aromatic nitrogens is 1. The summed E-state index contributed by atoms with van der Waals surface area (Å²) >= 11 is 18.1. The molecule has 30 heavy (non-hydrogen) atoms. The van der Waals surface area contributed by atoms with Crippen molar-refractivity contribution in [2.24, 2.45) is 0 Å². The minimum atomic E-state index is 0.184. The first kappa shape index (κ1) is 20.5. The topological polar surface area (TPSA) is 19.0 Å². The third-order valence-electron chi connectivity index (χ3n) is 5.56. The molecule has 1 aliphatic rings. The zero-order valence-electron chi connectivity index (χ0n) is 16.0. The summed E-state index contributed by atoms with van der Waals surface area (Å²) in [6.07, 6.45) is 1.83. The van der Waals surface area contributed by atoms with Crippen LogP contribution in [-0.4, -0.2) is 15.8 Å². The Hall–Kier alpha value is -1.43. The quantitative estimate of drug-likeness (QED) is 0.276. The first-order chi connectivity index (χ1) is 14.6. The summed E-state index contributed by atoms with van der Waals surface area (Å²) in [7, 11) is 0. The minimum absolute atomic E-state index is 0.184. The standard InChI is InChI=1S/C24H19BrCl2N2S/c25-16-7-9-22-20(13-16)19-10-11-29(30-18-4-2-1-3-5-18)23(24(19)28-22)12-15-6-8-17(26)14-21(15)27/h1-9,13-14,23,28H,10-12H2. The Labute approximate surface area is 198 Å². The van der Waals surface area contributed by atoms with Gasteiger partial charge >= 0.3 is 0 Å². The highest BCUT2D eigenvalue weighted by molar-refractivity contribution is 9.10. The third kappa shape index (κ3) is 4.04. The van der Waals surface area contributed by atoms with Gasteiger partial charge in [-0.25, -0.2) is 4.31 Å². The van der Waals surface area contributed by atoms with E-state index in [1.807, 2.05) is 30.1 Å². The zero-order valence-corrected chi connectivity index (χ0v) is 20.0. The molecule has 0 radical (unpaired) electrons. The summed E-state index contributed by atoms with van der Waals surface area (Å²) in [5.74, 6) is 0. The SMILES string of the molecule is Clc1ccc(CC2c3[nH]c4ccc(Br)cc4c3CCN2Sc2ccccc2)c(Cl)c1. The number of H-pyrrole nitrogens is 1. The zero-order chi connectivity index (χ0) is 20.7. The van der Waals surface area contributed by atoms with Gasteiger partial charge < -0.3 is 4.98 Å². The van der Waals surface area contributed by atoms with E-state index < -0.39 is 0 Å². The van der Waals surface area contributed by atoms with E-state index >= 15 is 0 Å². The molecule has 3 aromatic carbocycles. The van der Waals surface area contributed by atoms with Crippen LogP contribution in [0.15, 0.2) is 76.1 Å². The summed E-state index contributed by atoms with van der Waals surface area (Å²) in [4.78, 5) is 4.96. The Bertz CT molecular complexity index is 1210. The number of rotatable bonds is 4. The Balaban J connectivity index is 1.57. The van der Waals surface area contributed by atoms with Crippen molar-refractivity contribution in [1.82, 2.24) is 9.29 Å². The second kappa shape index (κ2) is 8.60. The van der Waals surface area contributed by atoms with Crippen molar-refractivity contribution in [1.29, 1.82) is 0 Å². The number of hydrogen-bond acceptors (Lipinski definition) is 2. The van der Waals surface area contributed by atoms with Gasteiger partial charge in [-0.3, -0.25) is 0 Å². The van der Waals surface area contributed by atoms with Gasteiger partial charge in [0, 0.05) is 42.6 Å². The molecule has 2 heterocycles. The van der Waals surface area contributed by atoms with Crippen LogP contribution in [-0.2, 0) is 12.8 Å². The summed E-state index contributed by atoms with van der Waals surface area (Å²) in [5, 5.41) is 2.69. The smallest absolute Gasteiger partial charge is 0.0649 e. The Kier molecular flexibility index (Phi) is 5.87. The molecule has 152 valence electrons. The van der Waals surface area contributed by atoms with Gasteiger partial charge in [0.2, 0.25) is 0 Å². The van der Waals surface area contributed by atoms with E-state index in [4.69, 9.17) is 23.2 Å². The number of benzene rings is 3. The molecule has 1 aromatic heterocycles. The van der Waals surface area contributed by atoms with E-state index in [9.17, 15) is 0 Å². The lowest BCUT2D eigenvalue weighted by Crippen LogP contribution is -2.31. The minimum Gasteiger partial charge on any atom is -0.357 e. The van der Waals surface area contributed by atoms with Gasteiger partial charge in [0.05, 0.1) is 6.04 Å². The molecule has 0 saturated carbocycles. The number of aromatic amines is 1. The third-order valence-corrected chi connectivity index (χ3v) is 7.79. The molecule has 0 bridgehead atoms. The fraction of sp³-hybridized carbons (Fsp3) is 0.167. The van der Waals surface area contributed by atoms with Crippen molar-refractivity contribution < 1.29 is 0 Å². The van der Waals surface area contributed by atoms with Crippen LogP contribution in [0.25, 0.3) is 10.9 Å². The maximum atomic E-state index is 6.56. The lowest BCUT2D eigenvalue weighted by molar-refractivity contribution is 0.333. The normalized spacial score (nSPS) is 16.7. The summed E-state index contributed by atoms with van der Waals surface area (Å²) < 4.78 is 3.59. The van der Waals surface area contributed by atoms with E-state index in [0.29, 0.717) is 5.02 Å². The monoisotopic (exact) mass is 516 g/mol. The van der Waals surface area contributed by atoms with Crippen LogP contribution in [0.5, 0.6) is 0 Å². The van der Waals surface area contributed by atoms with E-state index in [2.05, 4.69) is 73.8 Å². The molecule has 1 aliphatic heterocycles. The fourth-order valence-corrected chi connectivity index (χ4v) is 6.03. The van der Waals surface area contributed by atoms with Gasteiger partial charge in [0.15, 0.2) is 0 Å². The van der Waals surface area contributed by atoms with Gasteiger partial charge in [-0.05, 0) is 78.4 Å². The van der Waals surface area contributed by atoms with Crippen LogP contribution in [0.3, 0.4) is 0 Å². The number of halogens is 3. The molecule has 0 fully saturated rings. The summed E-state index contributed by atoms with van der Waals surface area (Å²) in [6, 6.07) is 23.0. The van der Waals surface area contributed by atoms with E-state index in [1.165, 1.54) is 27.1 Å². The highest BCUT2D eigenvalue weighted by Crippen LogP contribution is 2.42. The molecule has 6 heteroatoms. The fourth-order valence-electron chi connectivity index (χ4n) is 4.14. The van der Waals surface area contributed by atoms with Crippen LogP contribution in [0.4, 0.5) is 0 Å². The predicted molar refractivity (Wildman–Crippen MR) is 132 cm³/mol. The van der Waals surface area contributed by atoms with E-state index in [0.717, 1.165) is 34.4 Å². The summed E-state index contributed by atoms with van der Waals surface area (Å²) in [5.41, 5.74) is 4.98. The highest BCUT2D eigenvalue weighted by atomic mass is 79.9. The van der Waals surface area contributed by atoms with E-state index in [1.54, 1.807) is 0 Å². The Morgan fingerprint density at radius 3 is 2.67 bits per heavy atom. The van der Waals surface area contributed by atoms with Crippen LogP contribution in [0.2, 0.25) is 10.0 Å². The van der Waals surface area contributed by atoms with Crippen molar-refractivity contribution in [2.75, 3.05) is 6.54 Å². The first-order valence-electron chi connectivity index (χ1n) is 9.82. The lowest BCUT2D eigenvalue weighted by atomic mass is 9.94. The largest absolute Gasteiger partial charge is 0.357 e. The van der Waals surface area contributed by atoms with Crippen LogP contribution in [0, 0.1) is 0 Å². The molecule has 4 aromatic rings. The Morgan fingerprint density at radius 1 is 1.03 bits per heavy atom. The molecule has 0 amide bonds. The van der Waals surface area contributed by atoms with Crippen LogP contribution < -0.4 is 0 Å². The van der Waals surface area contributed by atoms with Crippen molar-refractivity contribution in [3.63, 3.8) is 0 Å². The van der Waals surface area contributed by atoms with Crippen LogP contribution >= 0.6 is 51.1 Å². The lowest BCUT2D eigenvalue weighted by Gasteiger charge is -2.35. The van der Waals surface area contributed by atoms with Crippen molar-refractivity contribution >= 4 is 62.0 Å². The maximum absolute atomic E-state index is 6.56. The Morgan fingerprint density at radius 2 is 1.87 bits per heavy atom. The van der Waals surface area contributed by atoms with Crippen molar-refractivity contribution in [2.45, 2.75) is 23.8 Å². The average Bonchev–Trinajstić information content (AvgIpc) is 3.10. The molecule has 1 N–H and O–H groups in total. The maximum Gasteiger partial charge on any atom is 0.0649 e. The predicted octanol–water partition coefficient (Wildman–Crippen LogP) is 8.09. The van der Waals surface area contributed by atoms with Crippen molar-refractivity contribution in [3.05, 3.63) is 98.1 Å². The highest BCUT2D eigenvalue weighted by Gasteiger charge is 2.32. The number of nitrogens with one attached hydrogen (secondary N) is 1. The van der Waals surface area contributed by atoms with Gasteiger partial charge in [-0.15, -0.1) is 0 Å². The molecule has 0 spiro atoms. The second-order valence-electron chi connectivity index (χ2n) is 7.46. The molecular formula is C24H19BrCl2N2S. The van der Waals surface area contributed by atoms with Gasteiger partial charge in [0.25, 0.3) is 0 Å². The molecule has 1 unspecified atom stereocenters. The van der Waals surface area contributed by atoms with Crippen LogP contribution in [0.1, 0.15) is 22.9 Å². The first-order valence-corrected chi connectivity index (χ1v) is 12.1.